The number of halogens is 1. The second-order valence-corrected chi connectivity index (χ2v) is 4.63. The molecule has 1 unspecified atom stereocenters. The van der Waals surface area contributed by atoms with Gasteiger partial charge in [0.05, 0.1) is 13.2 Å². The highest BCUT2D eigenvalue weighted by Gasteiger charge is 2.10. The number of aliphatic hydroxyl groups excluding tert-OH is 1. The van der Waals surface area contributed by atoms with Gasteiger partial charge in [-0.1, -0.05) is 18.2 Å². The fourth-order valence-electron chi connectivity index (χ4n) is 1.87. The van der Waals surface area contributed by atoms with Gasteiger partial charge in [0, 0.05) is 18.3 Å². The standard InChI is InChI=1S/C16H17FN2O3/c1-22-14-4-2-3-13(9-14)19-16(21)18-10-15(20)11-5-7-12(17)8-6-11/h2-9,15,20H,10H2,1H3,(H2,18,19,21). The lowest BCUT2D eigenvalue weighted by Crippen LogP contribution is -2.32. The predicted molar refractivity (Wildman–Crippen MR) is 81.4 cm³/mol. The van der Waals surface area contributed by atoms with Crippen molar-refractivity contribution in [2.45, 2.75) is 6.10 Å². The van der Waals surface area contributed by atoms with E-state index in [4.69, 9.17) is 4.74 Å². The number of methoxy groups -OCH3 is 1. The maximum atomic E-state index is 12.8. The van der Waals surface area contributed by atoms with Gasteiger partial charge in [-0.15, -0.1) is 0 Å². The molecule has 6 heteroatoms. The number of ether oxygens (including phenoxy) is 1. The zero-order valence-corrected chi connectivity index (χ0v) is 12.0. The quantitative estimate of drug-likeness (QED) is 0.795. The number of hydrogen-bond acceptors (Lipinski definition) is 3. The van der Waals surface area contributed by atoms with Crippen molar-refractivity contribution in [1.82, 2.24) is 5.32 Å². The topological polar surface area (TPSA) is 70.6 Å². The van der Waals surface area contributed by atoms with Gasteiger partial charge in [0.2, 0.25) is 0 Å². The van der Waals surface area contributed by atoms with Gasteiger partial charge in [0.1, 0.15) is 11.6 Å². The monoisotopic (exact) mass is 304 g/mol. The number of nitrogens with one attached hydrogen (secondary N) is 2. The molecule has 0 aromatic heterocycles. The zero-order chi connectivity index (χ0) is 15.9. The van der Waals surface area contributed by atoms with E-state index in [1.165, 1.54) is 31.4 Å². The Morgan fingerprint density at radius 1 is 1.27 bits per heavy atom. The van der Waals surface area contributed by atoms with E-state index in [9.17, 15) is 14.3 Å². The molecule has 3 N–H and O–H groups in total. The lowest BCUT2D eigenvalue weighted by atomic mass is 10.1. The van der Waals surface area contributed by atoms with Crippen LogP contribution in [0.1, 0.15) is 11.7 Å². The minimum Gasteiger partial charge on any atom is -0.497 e. The molecule has 0 fully saturated rings. The lowest BCUT2D eigenvalue weighted by molar-refractivity contribution is 0.175. The average Bonchev–Trinajstić information content (AvgIpc) is 2.53. The van der Waals surface area contributed by atoms with Gasteiger partial charge in [-0.25, -0.2) is 9.18 Å². The van der Waals surface area contributed by atoms with E-state index in [-0.39, 0.29) is 12.4 Å². The number of aliphatic hydroxyl groups is 1. The molecule has 2 aromatic rings. The summed E-state index contributed by atoms with van der Waals surface area (Å²) in [6, 6.07) is 11.9. The Balaban J connectivity index is 1.85. The SMILES string of the molecule is COc1cccc(NC(=O)NCC(O)c2ccc(F)cc2)c1. The summed E-state index contributed by atoms with van der Waals surface area (Å²) in [6.45, 7) is 0.0153. The summed E-state index contributed by atoms with van der Waals surface area (Å²) in [5.74, 6) is 0.254. The van der Waals surface area contributed by atoms with Crippen molar-refractivity contribution in [3.63, 3.8) is 0 Å². The number of hydrogen-bond donors (Lipinski definition) is 3. The molecule has 2 amide bonds. The summed E-state index contributed by atoms with van der Waals surface area (Å²) in [7, 11) is 1.54. The van der Waals surface area contributed by atoms with E-state index in [0.717, 1.165) is 0 Å². The molecule has 0 radical (unpaired) electrons. The summed E-state index contributed by atoms with van der Waals surface area (Å²) in [5.41, 5.74) is 1.11. The number of carbonyl (C=O) groups excluding carboxylic acids is 1. The van der Waals surface area contributed by atoms with Gasteiger partial charge in [-0.3, -0.25) is 0 Å². The molecule has 0 spiro atoms. The van der Waals surface area contributed by atoms with Crippen LogP contribution in [0.5, 0.6) is 5.75 Å². The second kappa shape index (κ2) is 7.42. The maximum Gasteiger partial charge on any atom is 0.319 e. The van der Waals surface area contributed by atoms with Crippen LogP contribution in [0.3, 0.4) is 0 Å². The van der Waals surface area contributed by atoms with Gasteiger partial charge in [-0.05, 0) is 29.8 Å². The summed E-state index contributed by atoms with van der Waals surface area (Å²) < 4.78 is 17.9. The van der Waals surface area contributed by atoms with Gasteiger partial charge in [0.15, 0.2) is 0 Å². The summed E-state index contributed by atoms with van der Waals surface area (Å²) in [5, 5.41) is 15.1. The fourth-order valence-corrected chi connectivity index (χ4v) is 1.87. The van der Waals surface area contributed by atoms with E-state index < -0.39 is 12.1 Å². The second-order valence-electron chi connectivity index (χ2n) is 4.63. The fraction of sp³-hybridized carbons (Fsp3) is 0.188. The van der Waals surface area contributed by atoms with Crippen molar-refractivity contribution < 1.29 is 19.0 Å². The minimum atomic E-state index is -0.906. The maximum absolute atomic E-state index is 12.8. The van der Waals surface area contributed by atoms with Gasteiger partial charge in [0.25, 0.3) is 0 Å². The molecule has 2 aromatic carbocycles. The van der Waals surface area contributed by atoms with E-state index in [1.807, 2.05) is 0 Å². The third-order valence-electron chi connectivity index (χ3n) is 3.04. The van der Waals surface area contributed by atoms with Crippen LogP contribution in [0.15, 0.2) is 48.5 Å². The van der Waals surface area contributed by atoms with Crippen LogP contribution in [0.4, 0.5) is 14.9 Å². The largest absolute Gasteiger partial charge is 0.497 e. The first-order chi connectivity index (χ1) is 10.6. The van der Waals surface area contributed by atoms with E-state index in [0.29, 0.717) is 17.0 Å². The van der Waals surface area contributed by atoms with Crippen LogP contribution in [-0.4, -0.2) is 24.8 Å². The van der Waals surface area contributed by atoms with Crippen LogP contribution in [0.25, 0.3) is 0 Å². The number of rotatable bonds is 5. The normalized spacial score (nSPS) is 11.6. The number of amides is 2. The molecular weight excluding hydrogens is 287 g/mol. The van der Waals surface area contributed by atoms with Crippen LogP contribution in [0, 0.1) is 5.82 Å². The van der Waals surface area contributed by atoms with Crippen molar-refractivity contribution in [2.75, 3.05) is 19.0 Å². The molecular formula is C16H17FN2O3. The lowest BCUT2D eigenvalue weighted by Gasteiger charge is -2.13. The number of anilines is 1. The van der Waals surface area contributed by atoms with Crippen LogP contribution in [-0.2, 0) is 0 Å². The van der Waals surface area contributed by atoms with E-state index in [1.54, 1.807) is 24.3 Å². The Labute approximate surface area is 127 Å². The molecule has 116 valence electrons. The third kappa shape index (κ3) is 4.46. The molecule has 22 heavy (non-hydrogen) atoms. The number of benzene rings is 2. The molecule has 0 saturated heterocycles. The van der Waals surface area contributed by atoms with Gasteiger partial charge < -0.3 is 20.5 Å². The van der Waals surface area contributed by atoms with Gasteiger partial charge >= 0.3 is 6.03 Å². The highest BCUT2D eigenvalue weighted by molar-refractivity contribution is 5.89. The Hall–Kier alpha value is -2.60. The molecule has 1 atom stereocenters. The first-order valence-corrected chi connectivity index (χ1v) is 6.71. The van der Waals surface area contributed by atoms with Crippen molar-refractivity contribution in [1.29, 1.82) is 0 Å². The number of carbonyl (C=O) groups is 1. The predicted octanol–water partition coefficient (Wildman–Crippen LogP) is 2.69. The Bertz CT molecular complexity index is 632. The average molecular weight is 304 g/mol. The van der Waals surface area contributed by atoms with Crippen molar-refractivity contribution in [3.05, 3.63) is 59.9 Å². The van der Waals surface area contributed by atoms with Crippen molar-refractivity contribution in [3.8, 4) is 5.75 Å². The summed E-state index contributed by atoms with van der Waals surface area (Å²) in [6.07, 6.45) is -0.906. The highest BCUT2D eigenvalue weighted by Crippen LogP contribution is 2.16. The smallest absolute Gasteiger partial charge is 0.319 e. The molecule has 0 heterocycles. The molecule has 0 aliphatic heterocycles. The first-order valence-electron chi connectivity index (χ1n) is 6.71. The molecule has 0 aliphatic rings. The van der Waals surface area contributed by atoms with Crippen LogP contribution in [0.2, 0.25) is 0 Å². The molecule has 2 rings (SSSR count). The Kier molecular flexibility index (Phi) is 5.32. The molecule has 5 nitrogen and oxygen atoms in total. The van der Waals surface area contributed by atoms with E-state index >= 15 is 0 Å². The first kappa shape index (κ1) is 15.8. The highest BCUT2D eigenvalue weighted by atomic mass is 19.1. The van der Waals surface area contributed by atoms with Crippen LogP contribution >= 0.6 is 0 Å². The molecule has 0 saturated carbocycles. The summed E-state index contributed by atoms with van der Waals surface area (Å²) in [4.78, 5) is 11.8. The Morgan fingerprint density at radius 2 is 2.00 bits per heavy atom. The minimum absolute atomic E-state index is 0.0153. The zero-order valence-electron chi connectivity index (χ0n) is 12.0. The van der Waals surface area contributed by atoms with Gasteiger partial charge in [-0.2, -0.15) is 0 Å². The van der Waals surface area contributed by atoms with Crippen molar-refractivity contribution >= 4 is 11.7 Å². The molecule has 0 bridgehead atoms. The number of urea groups is 1. The molecule has 0 aliphatic carbocycles. The van der Waals surface area contributed by atoms with Crippen molar-refractivity contribution in [2.24, 2.45) is 0 Å². The Morgan fingerprint density at radius 3 is 2.68 bits per heavy atom. The third-order valence-corrected chi connectivity index (χ3v) is 3.04. The summed E-state index contributed by atoms with van der Waals surface area (Å²) >= 11 is 0. The van der Waals surface area contributed by atoms with E-state index in [2.05, 4.69) is 10.6 Å². The van der Waals surface area contributed by atoms with Crippen LogP contribution < -0.4 is 15.4 Å².